The molecule has 2 rings (SSSR count). The lowest BCUT2D eigenvalue weighted by Gasteiger charge is -2.17. The molecule has 90 valence electrons. The van der Waals surface area contributed by atoms with Crippen LogP contribution in [0.15, 0.2) is 15.2 Å². The summed E-state index contributed by atoms with van der Waals surface area (Å²) >= 11 is 5.20. The average Bonchev–Trinajstić information content (AvgIpc) is 2.87. The van der Waals surface area contributed by atoms with Crippen LogP contribution in [-0.2, 0) is 6.54 Å². The Balaban J connectivity index is 1.71. The number of rotatable bonds is 5. The first-order valence-electron chi connectivity index (χ1n) is 5.84. The topological polar surface area (TPSA) is 32.3 Å². The second-order valence-electron chi connectivity index (χ2n) is 4.52. The molecule has 1 aromatic rings. The van der Waals surface area contributed by atoms with Gasteiger partial charge in [-0.05, 0) is 64.2 Å². The molecule has 1 saturated carbocycles. The van der Waals surface area contributed by atoms with E-state index in [0.29, 0.717) is 18.4 Å². The number of hydrogen-bond donors (Lipinski definition) is 2. The maximum atomic E-state index is 9.22. The summed E-state index contributed by atoms with van der Waals surface area (Å²) in [5.41, 5.74) is 1.34. The first-order chi connectivity index (χ1) is 7.79. The fourth-order valence-electron chi connectivity index (χ4n) is 2.46. The second kappa shape index (κ2) is 6.15. The van der Waals surface area contributed by atoms with Crippen LogP contribution in [-0.4, -0.2) is 18.3 Å². The van der Waals surface area contributed by atoms with Gasteiger partial charge in [-0.2, -0.15) is 0 Å². The Labute approximate surface area is 109 Å². The van der Waals surface area contributed by atoms with Gasteiger partial charge in [0.25, 0.3) is 0 Å². The summed E-state index contributed by atoms with van der Waals surface area (Å²) in [5, 5.41) is 14.9. The van der Waals surface area contributed by atoms with Gasteiger partial charge in [0.15, 0.2) is 0 Å². The van der Waals surface area contributed by atoms with Gasteiger partial charge in [-0.1, -0.05) is 6.42 Å². The first-order valence-corrected chi connectivity index (χ1v) is 7.51. The smallest absolute Gasteiger partial charge is 0.0701 e. The predicted molar refractivity (Wildman–Crippen MR) is 71.6 cm³/mol. The molecule has 1 aliphatic carbocycles. The van der Waals surface area contributed by atoms with E-state index in [4.69, 9.17) is 0 Å². The molecule has 0 amide bonds. The van der Waals surface area contributed by atoms with Crippen LogP contribution in [0.25, 0.3) is 0 Å². The van der Waals surface area contributed by atoms with E-state index in [1.165, 1.54) is 28.6 Å². The van der Waals surface area contributed by atoms with Crippen molar-refractivity contribution < 1.29 is 5.11 Å². The highest BCUT2D eigenvalue weighted by Gasteiger charge is 2.25. The third-order valence-corrected chi connectivity index (χ3v) is 4.96. The number of thiophene rings is 1. The lowest BCUT2D eigenvalue weighted by Crippen LogP contribution is -2.26. The van der Waals surface area contributed by atoms with Crippen LogP contribution in [0.4, 0.5) is 0 Å². The number of hydrogen-bond acceptors (Lipinski definition) is 3. The highest BCUT2D eigenvalue weighted by atomic mass is 79.9. The van der Waals surface area contributed by atoms with Crippen molar-refractivity contribution >= 4 is 27.3 Å². The normalized spacial score (nSPS) is 25.1. The van der Waals surface area contributed by atoms with Crippen molar-refractivity contribution in [2.75, 3.05) is 13.2 Å². The fraction of sp³-hybridized carbons (Fsp3) is 0.667. The van der Waals surface area contributed by atoms with Crippen molar-refractivity contribution in [3.05, 3.63) is 20.8 Å². The van der Waals surface area contributed by atoms with Crippen molar-refractivity contribution in [1.82, 2.24) is 5.32 Å². The predicted octanol–water partition coefficient (Wildman–Crippen LogP) is 3.01. The van der Waals surface area contributed by atoms with E-state index in [-0.39, 0.29) is 0 Å². The van der Waals surface area contributed by atoms with Gasteiger partial charge in [0.1, 0.15) is 0 Å². The molecule has 0 radical (unpaired) electrons. The van der Waals surface area contributed by atoms with Gasteiger partial charge in [-0.3, -0.25) is 0 Å². The highest BCUT2D eigenvalue weighted by Crippen LogP contribution is 2.30. The van der Waals surface area contributed by atoms with E-state index in [0.717, 1.165) is 13.1 Å². The molecule has 16 heavy (non-hydrogen) atoms. The maximum absolute atomic E-state index is 9.22. The number of aliphatic hydroxyl groups excluding tert-OH is 1. The van der Waals surface area contributed by atoms with Crippen molar-refractivity contribution in [2.45, 2.75) is 25.8 Å². The Morgan fingerprint density at radius 3 is 2.94 bits per heavy atom. The van der Waals surface area contributed by atoms with Crippen LogP contribution < -0.4 is 5.32 Å². The van der Waals surface area contributed by atoms with Gasteiger partial charge < -0.3 is 10.4 Å². The molecule has 1 heterocycles. The van der Waals surface area contributed by atoms with Crippen LogP contribution >= 0.6 is 27.3 Å². The standard InChI is InChI=1S/C12H18BrNOS/c13-12-4-9(8-16-12)5-14-6-10-2-1-3-11(10)7-15/h4,8,10-11,14-15H,1-3,5-7H2. The van der Waals surface area contributed by atoms with Gasteiger partial charge >= 0.3 is 0 Å². The SMILES string of the molecule is OCC1CCCC1CNCc1csc(Br)c1. The summed E-state index contributed by atoms with van der Waals surface area (Å²) in [4.78, 5) is 0. The Bertz CT molecular complexity index is 329. The third kappa shape index (κ3) is 3.29. The summed E-state index contributed by atoms with van der Waals surface area (Å²) in [5.74, 6) is 1.20. The van der Waals surface area contributed by atoms with Crippen LogP contribution in [0.1, 0.15) is 24.8 Å². The van der Waals surface area contributed by atoms with E-state index in [2.05, 4.69) is 32.7 Å². The lowest BCUT2D eigenvalue weighted by atomic mass is 9.97. The second-order valence-corrected chi connectivity index (χ2v) is 6.81. The zero-order valence-electron chi connectivity index (χ0n) is 9.29. The Kier molecular flexibility index (Phi) is 4.82. The minimum Gasteiger partial charge on any atom is -0.396 e. The van der Waals surface area contributed by atoms with Gasteiger partial charge in [0.2, 0.25) is 0 Å². The number of nitrogens with one attached hydrogen (secondary N) is 1. The molecule has 0 saturated heterocycles. The molecule has 1 aliphatic rings. The highest BCUT2D eigenvalue weighted by molar-refractivity contribution is 9.11. The molecule has 1 fully saturated rings. The molecule has 0 bridgehead atoms. The van der Waals surface area contributed by atoms with E-state index >= 15 is 0 Å². The largest absolute Gasteiger partial charge is 0.396 e. The molecule has 1 aromatic heterocycles. The summed E-state index contributed by atoms with van der Waals surface area (Å²) in [6.07, 6.45) is 3.75. The Morgan fingerprint density at radius 2 is 2.25 bits per heavy atom. The summed E-state index contributed by atoms with van der Waals surface area (Å²) in [7, 11) is 0. The van der Waals surface area contributed by atoms with Crippen molar-refractivity contribution in [3.8, 4) is 0 Å². The molecule has 2 nitrogen and oxygen atoms in total. The number of halogens is 1. The van der Waals surface area contributed by atoms with Crippen LogP contribution in [0.5, 0.6) is 0 Å². The minimum atomic E-state index is 0.357. The quantitative estimate of drug-likeness (QED) is 0.876. The minimum absolute atomic E-state index is 0.357. The van der Waals surface area contributed by atoms with E-state index in [9.17, 15) is 5.11 Å². The molecule has 4 heteroatoms. The molecular weight excluding hydrogens is 286 g/mol. The van der Waals surface area contributed by atoms with Crippen LogP contribution in [0.2, 0.25) is 0 Å². The zero-order chi connectivity index (χ0) is 11.4. The van der Waals surface area contributed by atoms with Gasteiger partial charge in [-0.15, -0.1) is 11.3 Å². The summed E-state index contributed by atoms with van der Waals surface area (Å²) < 4.78 is 1.19. The monoisotopic (exact) mass is 303 g/mol. The van der Waals surface area contributed by atoms with Crippen molar-refractivity contribution in [2.24, 2.45) is 11.8 Å². The lowest BCUT2D eigenvalue weighted by molar-refractivity contribution is 0.192. The van der Waals surface area contributed by atoms with Gasteiger partial charge in [-0.25, -0.2) is 0 Å². The van der Waals surface area contributed by atoms with Gasteiger partial charge in [0, 0.05) is 13.2 Å². The molecule has 0 aliphatic heterocycles. The zero-order valence-corrected chi connectivity index (χ0v) is 11.7. The van der Waals surface area contributed by atoms with Crippen molar-refractivity contribution in [3.63, 3.8) is 0 Å². The van der Waals surface area contributed by atoms with Gasteiger partial charge in [0.05, 0.1) is 3.79 Å². The Morgan fingerprint density at radius 1 is 1.44 bits per heavy atom. The molecular formula is C12H18BrNOS. The number of aliphatic hydroxyl groups is 1. The van der Waals surface area contributed by atoms with E-state index < -0.39 is 0 Å². The third-order valence-electron chi connectivity index (χ3n) is 3.41. The molecule has 0 spiro atoms. The van der Waals surface area contributed by atoms with Crippen LogP contribution in [0, 0.1) is 11.8 Å². The average molecular weight is 304 g/mol. The van der Waals surface area contributed by atoms with E-state index in [1.807, 2.05) is 0 Å². The van der Waals surface area contributed by atoms with Crippen LogP contribution in [0.3, 0.4) is 0 Å². The maximum Gasteiger partial charge on any atom is 0.0701 e. The summed E-state index contributed by atoms with van der Waals surface area (Å²) in [6, 6.07) is 2.16. The molecule has 0 aromatic carbocycles. The van der Waals surface area contributed by atoms with Crippen molar-refractivity contribution in [1.29, 1.82) is 0 Å². The first kappa shape index (κ1) is 12.6. The fourth-order valence-corrected chi connectivity index (χ4v) is 3.67. The molecule has 2 N–H and O–H groups in total. The summed E-state index contributed by atoms with van der Waals surface area (Å²) in [6.45, 7) is 2.34. The molecule has 2 unspecified atom stereocenters. The van der Waals surface area contributed by atoms with E-state index in [1.54, 1.807) is 11.3 Å². The Hall–Kier alpha value is 0.100. The molecule has 2 atom stereocenters.